The van der Waals surface area contributed by atoms with Crippen LogP contribution in [0.4, 0.5) is 15.9 Å². The number of carbonyl (C=O) groups is 1. The Morgan fingerprint density at radius 2 is 1.93 bits per heavy atom. The number of ether oxygens (including phenoxy) is 2. The molecule has 0 aliphatic carbocycles. The summed E-state index contributed by atoms with van der Waals surface area (Å²) in [6.07, 6.45) is 0. The maximum Gasteiger partial charge on any atom is 0.276 e. The molecule has 0 fully saturated rings. The number of carbonyl (C=O) groups excluding carboxylic acids is 1. The molecule has 0 radical (unpaired) electrons. The third-order valence-corrected chi connectivity index (χ3v) is 3.89. The summed E-state index contributed by atoms with van der Waals surface area (Å²) in [5.74, 6) is 1.07. The molecule has 2 aromatic carbocycles. The molecule has 0 atom stereocenters. The molecule has 1 amide bonds. The molecule has 27 heavy (non-hydrogen) atoms. The van der Waals surface area contributed by atoms with Crippen LogP contribution in [0.1, 0.15) is 16.1 Å². The smallest absolute Gasteiger partial charge is 0.276 e. The van der Waals surface area contributed by atoms with E-state index >= 15 is 0 Å². The molecule has 1 aromatic heterocycles. The zero-order valence-electron chi connectivity index (χ0n) is 14.1. The van der Waals surface area contributed by atoms with E-state index in [1.54, 1.807) is 18.2 Å². The van der Waals surface area contributed by atoms with Gasteiger partial charge in [-0.2, -0.15) is 0 Å². The summed E-state index contributed by atoms with van der Waals surface area (Å²) in [5.41, 5.74) is 1.48. The summed E-state index contributed by atoms with van der Waals surface area (Å²) in [6, 6.07) is 14.5. The summed E-state index contributed by atoms with van der Waals surface area (Å²) in [4.78, 5) is 12.1. The molecule has 0 saturated carbocycles. The summed E-state index contributed by atoms with van der Waals surface area (Å²) in [5, 5.41) is 13.6. The van der Waals surface area contributed by atoms with Crippen molar-refractivity contribution in [3.63, 3.8) is 0 Å². The van der Waals surface area contributed by atoms with Crippen molar-refractivity contribution in [2.75, 3.05) is 17.4 Å². The molecule has 0 unspecified atom stereocenters. The second-order valence-electron chi connectivity index (χ2n) is 5.81. The third-order valence-electron chi connectivity index (χ3n) is 3.89. The monoisotopic (exact) mass is 366 g/mol. The third kappa shape index (κ3) is 3.95. The van der Waals surface area contributed by atoms with Crippen LogP contribution in [0.2, 0.25) is 0 Å². The molecule has 1 aliphatic heterocycles. The van der Waals surface area contributed by atoms with Gasteiger partial charge >= 0.3 is 0 Å². The van der Waals surface area contributed by atoms with E-state index in [4.69, 9.17) is 9.47 Å². The lowest BCUT2D eigenvalue weighted by atomic mass is 10.2. The first kappa shape index (κ1) is 16.8. The molecule has 0 saturated heterocycles. The normalized spacial score (nSPS) is 11.9. The summed E-state index contributed by atoms with van der Waals surface area (Å²) in [7, 11) is 0. The lowest BCUT2D eigenvalue weighted by Gasteiger charge is -2.07. The molecule has 2 heterocycles. The van der Waals surface area contributed by atoms with Gasteiger partial charge in [-0.05, 0) is 48.0 Å². The van der Waals surface area contributed by atoms with Crippen LogP contribution < -0.4 is 20.1 Å². The van der Waals surface area contributed by atoms with Crippen molar-refractivity contribution in [2.45, 2.75) is 6.54 Å². The largest absolute Gasteiger partial charge is 0.454 e. The zero-order chi connectivity index (χ0) is 18.6. The highest BCUT2D eigenvalue weighted by Crippen LogP contribution is 2.32. The average molecular weight is 366 g/mol. The van der Waals surface area contributed by atoms with Gasteiger partial charge in [-0.25, -0.2) is 4.39 Å². The van der Waals surface area contributed by atoms with Gasteiger partial charge in [0.15, 0.2) is 17.2 Å². The van der Waals surface area contributed by atoms with Crippen LogP contribution in [0, 0.1) is 5.82 Å². The molecular weight excluding hydrogens is 351 g/mol. The fourth-order valence-electron chi connectivity index (χ4n) is 2.55. The fourth-order valence-corrected chi connectivity index (χ4v) is 2.55. The molecule has 0 bridgehead atoms. The first-order valence-corrected chi connectivity index (χ1v) is 8.20. The van der Waals surface area contributed by atoms with Gasteiger partial charge in [0.25, 0.3) is 5.91 Å². The van der Waals surface area contributed by atoms with Crippen molar-refractivity contribution in [1.29, 1.82) is 0 Å². The Balaban J connectivity index is 1.36. The predicted octanol–water partition coefficient (Wildman–Crippen LogP) is 3.21. The maximum atomic E-state index is 13.2. The van der Waals surface area contributed by atoms with E-state index in [1.807, 2.05) is 18.2 Å². The molecule has 3 aromatic rings. The Morgan fingerprint density at radius 3 is 2.74 bits per heavy atom. The number of anilines is 2. The van der Waals surface area contributed by atoms with E-state index < -0.39 is 11.7 Å². The second-order valence-corrected chi connectivity index (χ2v) is 5.81. The van der Waals surface area contributed by atoms with Crippen molar-refractivity contribution >= 4 is 17.4 Å². The Labute approximate surface area is 154 Å². The van der Waals surface area contributed by atoms with Gasteiger partial charge in [-0.3, -0.25) is 4.79 Å². The Hall–Kier alpha value is -3.68. The van der Waals surface area contributed by atoms with E-state index in [0.717, 1.165) is 11.3 Å². The summed E-state index contributed by atoms with van der Waals surface area (Å²) >= 11 is 0. The highest BCUT2D eigenvalue weighted by Gasteiger charge is 2.13. The van der Waals surface area contributed by atoms with E-state index in [1.165, 1.54) is 18.2 Å². The lowest BCUT2D eigenvalue weighted by molar-refractivity contribution is 0.102. The predicted molar refractivity (Wildman–Crippen MR) is 96.3 cm³/mol. The molecular formula is C19H15FN4O3. The second kappa shape index (κ2) is 7.28. The first-order valence-electron chi connectivity index (χ1n) is 8.20. The van der Waals surface area contributed by atoms with Crippen LogP contribution >= 0.6 is 0 Å². The molecule has 136 valence electrons. The van der Waals surface area contributed by atoms with Crippen molar-refractivity contribution in [2.24, 2.45) is 0 Å². The minimum absolute atomic E-state index is 0.132. The zero-order valence-corrected chi connectivity index (χ0v) is 14.1. The van der Waals surface area contributed by atoms with Gasteiger partial charge in [0.05, 0.1) is 0 Å². The summed E-state index contributed by atoms with van der Waals surface area (Å²) < 4.78 is 23.8. The van der Waals surface area contributed by atoms with Crippen molar-refractivity contribution < 1.29 is 18.7 Å². The van der Waals surface area contributed by atoms with Crippen LogP contribution in [-0.2, 0) is 6.54 Å². The Kier molecular flexibility index (Phi) is 4.52. The van der Waals surface area contributed by atoms with Gasteiger partial charge in [-0.15, -0.1) is 10.2 Å². The van der Waals surface area contributed by atoms with Crippen molar-refractivity contribution in [3.8, 4) is 11.5 Å². The first-order chi connectivity index (χ1) is 13.2. The van der Waals surface area contributed by atoms with Crippen LogP contribution in [-0.4, -0.2) is 22.9 Å². The number of amides is 1. The number of nitrogens with zero attached hydrogens (tertiary/aromatic N) is 2. The average Bonchev–Trinajstić information content (AvgIpc) is 3.14. The topological polar surface area (TPSA) is 85.4 Å². The van der Waals surface area contributed by atoms with Crippen molar-refractivity contribution in [3.05, 3.63) is 71.7 Å². The number of nitrogens with one attached hydrogen (secondary N) is 2. The number of rotatable bonds is 5. The Bertz CT molecular complexity index is 979. The number of fused-ring (bicyclic) bond motifs is 1. The molecule has 1 aliphatic rings. The number of aromatic nitrogens is 2. The highest BCUT2D eigenvalue weighted by molar-refractivity contribution is 6.02. The molecule has 4 rings (SSSR count). The van der Waals surface area contributed by atoms with Gasteiger partial charge in [0.1, 0.15) is 11.6 Å². The van der Waals surface area contributed by atoms with E-state index in [-0.39, 0.29) is 12.5 Å². The highest BCUT2D eigenvalue weighted by atomic mass is 19.1. The minimum Gasteiger partial charge on any atom is -0.454 e. The number of benzene rings is 2. The van der Waals surface area contributed by atoms with Crippen LogP contribution in [0.25, 0.3) is 0 Å². The van der Waals surface area contributed by atoms with Gasteiger partial charge in [0, 0.05) is 12.2 Å². The van der Waals surface area contributed by atoms with Crippen LogP contribution in [0.5, 0.6) is 11.5 Å². The van der Waals surface area contributed by atoms with E-state index in [0.29, 0.717) is 23.8 Å². The SMILES string of the molecule is O=C(Nc1cccc(F)c1)c1ccc(NCc2ccc3c(c2)OCO3)nn1. The lowest BCUT2D eigenvalue weighted by Crippen LogP contribution is -2.15. The standard InChI is InChI=1S/C19H15FN4O3/c20-13-2-1-3-14(9-13)22-19(25)15-5-7-18(24-23-15)21-10-12-4-6-16-17(8-12)27-11-26-16/h1-9H,10-11H2,(H,21,24)(H,22,25). The summed E-state index contributed by atoms with van der Waals surface area (Å²) in [6.45, 7) is 0.747. The van der Waals surface area contributed by atoms with Gasteiger partial charge in [-0.1, -0.05) is 12.1 Å². The molecule has 7 nitrogen and oxygen atoms in total. The van der Waals surface area contributed by atoms with Crippen LogP contribution in [0.15, 0.2) is 54.6 Å². The maximum absolute atomic E-state index is 13.2. The van der Waals surface area contributed by atoms with Gasteiger partial charge < -0.3 is 20.1 Å². The van der Waals surface area contributed by atoms with Crippen LogP contribution in [0.3, 0.4) is 0 Å². The van der Waals surface area contributed by atoms with E-state index in [2.05, 4.69) is 20.8 Å². The molecule has 8 heteroatoms. The number of hydrogen-bond acceptors (Lipinski definition) is 6. The Morgan fingerprint density at radius 1 is 1.04 bits per heavy atom. The van der Waals surface area contributed by atoms with Crippen molar-refractivity contribution in [1.82, 2.24) is 10.2 Å². The van der Waals surface area contributed by atoms with E-state index in [9.17, 15) is 9.18 Å². The van der Waals surface area contributed by atoms with Gasteiger partial charge in [0.2, 0.25) is 6.79 Å². The number of hydrogen-bond donors (Lipinski definition) is 2. The fraction of sp³-hybridized carbons (Fsp3) is 0.105. The minimum atomic E-state index is -0.463. The molecule has 0 spiro atoms. The number of halogens is 1. The quantitative estimate of drug-likeness (QED) is 0.721. The molecule has 2 N–H and O–H groups in total.